The molecule has 0 unspecified atom stereocenters. The second-order valence-corrected chi connectivity index (χ2v) is 5.53. The molecule has 0 radical (unpaired) electrons. The number of halogens is 3. The molecule has 0 fully saturated rings. The Morgan fingerprint density at radius 2 is 1.65 bits per heavy atom. The van der Waals surface area contributed by atoms with Crippen LogP contribution in [-0.4, -0.2) is 18.0 Å². The molecular formula is C15H10Cl3N3O2. The van der Waals surface area contributed by atoms with Crippen LogP contribution in [0.15, 0.2) is 47.6 Å². The van der Waals surface area contributed by atoms with Gasteiger partial charge in [0.05, 0.1) is 16.3 Å². The summed E-state index contributed by atoms with van der Waals surface area (Å²) in [7, 11) is 0. The number of anilines is 1. The van der Waals surface area contributed by atoms with Gasteiger partial charge in [-0.25, -0.2) is 5.43 Å². The number of carbonyl (C=O) groups excluding carboxylic acids is 2. The van der Waals surface area contributed by atoms with Crippen molar-refractivity contribution in [2.75, 3.05) is 5.32 Å². The molecule has 0 aliphatic heterocycles. The van der Waals surface area contributed by atoms with Gasteiger partial charge in [0.15, 0.2) is 0 Å². The minimum absolute atomic E-state index is 0.265. The highest BCUT2D eigenvalue weighted by Crippen LogP contribution is 2.24. The van der Waals surface area contributed by atoms with Gasteiger partial charge in [0.1, 0.15) is 0 Å². The number of amides is 2. The normalized spacial score (nSPS) is 10.6. The summed E-state index contributed by atoms with van der Waals surface area (Å²) in [5.74, 6) is -1.82. The number of nitrogens with one attached hydrogen (secondary N) is 2. The number of benzene rings is 2. The van der Waals surface area contributed by atoms with E-state index in [0.29, 0.717) is 21.3 Å². The molecule has 0 heterocycles. The number of hydrogen-bond donors (Lipinski definition) is 2. The topological polar surface area (TPSA) is 70.6 Å². The van der Waals surface area contributed by atoms with Gasteiger partial charge in [-0.2, -0.15) is 5.10 Å². The van der Waals surface area contributed by atoms with Crippen molar-refractivity contribution in [2.24, 2.45) is 5.10 Å². The van der Waals surface area contributed by atoms with Crippen LogP contribution in [0.4, 0.5) is 5.69 Å². The van der Waals surface area contributed by atoms with Gasteiger partial charge in [0.2, 0.25) is 0 Å². The zero-order valence-electron chi connectivity index (χ0n) is 11.5. The van der Waals surface area contributed by atoms with Crippen molar-refractivity contribution in [1.82, 2.24) is 5.43 Å². The van der Waals surface area contributed by atoms with Gasteiger partial charge in [-0.3, -0.25) is 9.59 Å². The lowest BCUT2D eigenvalue weighted by Crippen LogP contribution is -2.32. The van der Waals surface area contributed by atoms with Crippen LogP contribution in [0.5, 0.6) is 0 Å². The van der Waals surface area contributed by atoms with Crippen molar-refractivity contribution < 1.29 is 9.59 Å². The molecule has 2 rings (SSSR count). The standard InChI is InChI=1S/C15H10Cl3N3O2/c16-11-4-2-1-3-9(11)8-19-21-15(23)14(22)20-10-5-6-12(17)13(18)7-10/h1-8H,(H,20,22)(H,21,23)/b19-8-. The minimum Gasteiger partial charge on any atom is -0.318 e. The third kappa shape index (κ3) is 4.96. The molecule has 0 spiro atoms. The molecule has 0 atom stereocenters. The maximum Gasteiger partial charge on any atom is 0.329 e. The highest BCUT2D eigenvalue weighted by atomic mass is 35.5. The Bertz CT molecular complexity index is 778. The van der Waals surface area contributed by atoms with Crippen LogP contribution in [-0.2, 0) is 9.59 Å². The lowest BCUT2D eigenvalue weighted by molar-refractivity contribution is -0.136. The van der Waals surface area contributed by atoms with E-state index in [-0.39, 0.29) is 5.02 Å². The van der Waals surface area contributed by atoms with Crippen molar-refractivity contribution in [3.05, 3.63) is 63.1 Å². The number of carbonyl (C=O) groups is 2. The Morgan fingerprint density at radius 3 is 2.35 bits per heavy atom. The molecule has 0 saturated carbocycles. The maximum absolute atomic E-state index is 11.7. The van der Waals surface area contributed by atoms with E-state index in [4.69, 9.17) is 34.8 Å². The quantitative estimate of drug-likeness (QED) is 0.491. The largest absolute Gasteiger partial charge is 0.329 e. The van der Waals surface area contributed by atoms with Crippen LogP contribution in [0.2, 0.25) is 15.1 Å². The molecule has 118 valence electrons. The maximum atomic E-state index is 11.7. The summed E-state index contributed by atoms with van der Waals surface area (Å²) < 4.78 is 0. The van der Waals surface area contributed by atoms with Crippen LogP contribution in [0.25, 0.3) is 0 Å². The number of rotatable bonds is 3. The van der Waals surface area contributed by atoms with Crippen molar-refractivity contribution in [3.63, 3.8) is 0 Å². The van der Waals surface area contributed by atoms with Crippen LogP contribution < -0.4 is 10.7 Å². The first-order chi connectivity index (χ1) is 11.0. The highest BCUT2D eigenvalue weighted by molar-refractivity contribution is 6.43. The Kier molecular flexibility index (Phi) is 5.98. The molecule has 0 aromatic heterocycles. The van der Waals surface area contributed by atoms with Crippen LogP contribution in [0.1, 0.15) is 5.56 Å². The van der Waals surface area contributed by atoms with E-state index in [1.807, 2.05) is 0 Å². The first kappa shape index (κ1) is 17.3. The Morgan fingerprint density at radius 1 is 0.913 bits per heavy atom. The van der Waals surface area contributed by atoms with E-state index in [1.54, 1.807) is 24.3 Å². The van der Waals surface area contributed by atoms with Crippen molar-refractivity contribution in [2.45, 2.75) is 0 Å². The first-order valence-corrected chi connectivity index (χ1v) is 7.44. The number of nitrogens with zero attached hydrogens (tertiary/aromatic N) is 1. The molecular weight excluding hydrogens is 361 g/mol. The van der Waals surface area contributed by atoms with Gasteiger partial charge >= 0.3 is 11.8 Å². The zero-order chi connectivity index (χ0) is 16.8. The van der Waals surface area contributed by atoms with Gasteiger partial charge in [0.25, 0.3) is 0 Å². The average molecular weight is 371 g/mol. The summed E-state index contributed by atoms with van der Waals surface area (Å²) in [5.41, 5.74) is 3.06. The van der Waals surface area contributed by atoms with Crippen LogP contribution in [0, 0.1) is 0 Å². The van der Waals surface area contributed by atoms with Gasteiger partial charge in [-0.1, -0.05) is 53.0 Å². The molecule has 5 nitrogen and oxygen atoms in total. The van der Waals surface area contributed by atoms with Gasteiger partial charge in [-0.15, -0.1) is 0 Å². The average Bonchev–Trinajstić information content (AvgIpc) is 2.52. The van der Waals surface area contributed by atoms with Gasteiger partial charge in [0, 0.05) is 16.3 Å². The fourth-order valence-electron chi connectivity index (χ4n) is 1.55. The van der Waals surface area contributed by atoms with Crippen LogP contribution in [0.3, 0.4) is 0 Å². The third-order valence-corrected chi connectivity index (χ3v) is 3.74. The molecule has 23 heavy (non-hydrogen) atoms. The lowest BCUT2D eigenvalue weighted by Gasteiger charge is -2.05. The second-order valence-electron chi connectivity index (χ2n) is 4.30. The summed E-state index contributed by atoms with van der Waals surface area (Å²) in [6.07, 6.45) is 1.34. The molecule has 2 amide bonds. The monoisotopic (exact) mass is 369 g/mol. The van der Waals surface area contributed by atoms with E-state index >= 15 is 0 Å². The fourth-order valence-corrected chi connectivity index (χ4v) is 2.04. The van der Waals surface area contributed by atoms with Crippen LogP contribution >= 0.6 is 34.8 Å². The predicted molar refractivity (Wildman–Crippen MR) is 92.3 cm³/mol. The van der Waals surface area contributed by atoms with E-state index in [9.17, 15) is 9.59 Å². The molecule has 0 aliphatic carbocycles. The smallest absolute Gasteiger partial charge is 0.318 e. The Balaban J connectivity index is 1.94. The summed E-state index contributed by atoms with van der Waals surface area (Å²) in [6, 6.07) is 11.4. The molecule has 0 aliphatic rings. The summed E-state index contributed by atoms with van der Waals surface area (Å²) >= 11 is 17.5. The van der Waals surface area contributed by atoms with Crippen molar-refractivity contribution >= 4 is 58.5 Å². The molecule has 2 aromatic carbocycles. The third-order valence-electron chi connectivity index (χ3n) is 2.66. The lowest BCUT2D eigenvalue weighted by atomic mass is 10.2. The number of hydrazone groups is 1. The first-order valence-electron chi connectivity index (χ1n) is 6.31. The fraction of sp³-hybridized carbons (Fsp3) is 0. The van der Waals surface area contributed by atoms with Gasteiger partial charge in [-0.05, 0) is 24.3 Å². The Hall–Kier alpha value is -2.08. The SMILES string of the molecule is O=C(N/N=C\c1ccccc1Cl)C(=O)Nc1ccc(Cl)c(Cl)c1. The van der Waals surface area contributed by atoms with E-state index in [2.05, 4.69) is 15.8 Å². The molecule has 2 N–H and O–H groups in total. The predicted octanol–water partition coefficient (Wildman–Crippen LogP) is 3.74. The molecule has 2 aromatic rings. The molecule has 0 saturated heterocycles. The summed E-state index contributed by atoms with van der Waals surface area (Å²) in [5, 5.41) is 7.14. The van der Waals surface area contributed by atoms with Crippen molar-refractivity contribution in [1.29, 1.82) is 0 Å². The van der Waals surface area contributed by atoms with E-state index in [0.717, 1.165) is 0 Å². The number of hydrogen-bond acceptors (Lipinski definition) is 3. The molecule has 8 heteroatoms. The zero-order valence-corrected chi connectivity index (χ0v) is 13.8. The highest BCUT2D eigenvalue weighted by Gasteiger charge is 2.13. The second kappa shape index (κ2) is 7.97. The minimum atomic E-state index is -0.931. The van der Waals surface area contributed by atoms with E-state index in [1.165, 1.54) is 24.4 Å². The van der Waals surface area contributed by atoms with Crippen molar-refractivity contribution in [3.8, 4) is 0 Å². The summed E-state index contributed by atoms with van der Waals surface area (Å²) in [4.78, 5) is 23.4. The van der Waals surface area contributed by atoms with Gasteiger partial charge < -0.3 is 5.32 Å². The van der Waals surface area contributed by atoms with E-state index < -0.39 is 11.8 Å². The Labute approximate surface area is 147 Å². The summed E-state index contributed by atoms with van der Waals surface area (Å²) in [6.45, 7) is 0. The molecule has 0 bridgehead atoms.